The molecule has 0 spiro atoms. The van der Waals surface area contributed by atoms with Crippen molar-refractivity contribution in [3.8, 4) is 0 Å². The molecule has 0 bridgehead atoms. The molecule has 0 fully saturated rings. The Balaban J connectivity index is 2.98. The minimum Gasteiger partial charge on any atom is -0.127 e. The van der Waals surface area contributed by atoms with Gasteiger partial charge in [0.05, 0.1) is 0 Å². The topological polar surface area (TPSA) is 0 Å². The molecular weight excluding hydrogens is 103 g/mol. The Morgan fingerprint density at radius 1 is 1.71 bits per heavy atom. The lowest BCUT2D eigenvalue weighted by Gasteiger charge is -1.99. The summed E-state index contributed by atoms with van der Waals surface area (Å²) in [7, 11) is 3.31. The van der Waals surface area contributed by atoms with Crippen molar-refractivity contribution in [3.63, 3.8) is 0 Å². The molecule has 0 nitrogen and oxygen atoms in total. The molecule has 0 aliphatic heterocycles. The van der Waals surface area contributed by atoms with E-state index in [1.54, 1.807) is 0 Å². The first kappa shape index (κ1) is 7.17. The molecule has 42 valence electrons. The van der Waals surface area contributed by atoms with Gasteiger partial charge in [0.15, 0.2) is 0 Å². The zero-order valence-corrected chi connectivity index (χ0v) is 6.07. The van der Waals surface area contributed by atoms with Crippen LogP contribution in [0.15, 0.2) is 0 Å². The van der Waals surface area contributed by atoms with Gasteiger partial charge in [-0.3, -0.25) is 0 Å². The van der Waals surface area contributed by atoms with Crippen molar-refractivity contribution in [2.24, 2.45) is 5.92 Å². The first-order valence-corrected chi connectivity index (χ1v) is 3.38. The lowest BCUT2D eigenvalue weighted by molar-refractivity contribution is 0.594. The van der Waals surface area contributed by atoms with Crippen LogP contribution in [0, 0.1) is 5.92 Å². The van der Waals surface area contributed by atoms with Crippen LogP contribution < -0.4 is 0 Å². The van der Waals surface area contributed by atoms with E-state index in [0.29, 0.717) is 0 Å². The fourth-order valence-corrected chi connectivity index (χ4v) is 0.770. The van der Waals surface area contributed by atoms with Gasteiger partial charge < -0.3 is 0 Å². The summed E-state index contributed by atoms with van der Waals surface area (Å²) in [6, 6.07) is 0. The van der Waals surface area contributed by atoms with Crippen molar-refractivity contribution in [2.75, 3.05) is 0 Å². The van der Waals surface area contributed by atoms with Gasteiger partial charge in [-0.1, -0.05) is 26.1 Å². The Bertz CT molecular complexity index is 50.1. The van der Waals surface area contributed by atoms with E-state index in [-0.39, 0.29) is 0 Å². The molecule has 1 unspecified atom stereocenters. The molecule has 0 aliphatic rings. The van der Waals surface area contributed by atoms with E-state index in [1.165, 1.54) is 12.8 Å². The molecule has 1 atom stereocenters. The van der Waals surface area contributed by atoms with E-state index in [4.69, 9.17) is 0 Å². The van der Waals surface area contributed by atoms with Crippen LogP contribution in [0.2, 0.25) is 0 Å². The monoisotopic (exact) mass is 116 g/mol. The van der Waals surface area contributed by atoms with Crippen LogP contribution in [0.3, 0.4) is 0 Å². The van der Waals surface area contributed by atoms with Crippen LogP contribution >= 0.6 is 8.86 Å². The van der Waals surface area contributed by atoms with Crippen molar-refractivity contribution >= 4 is 14.7 Å². The highest BCUT2D eigenvalue weighted by Crippen LogP contribution is 2.02. The predicted octanol–water partition coefficient (Wildman–Crippen LogP) is 2.37. The highest BCUT2D eigenvalue weighted by atomic mass is 31.0. The lowest BCUT2D eigenvalue weighted by atomic mass is 10.1. The van der Waals surface area contributed by atoms with Gasteiger partial charge in [-0.25, -0.2) is 0 Å². The minimum absolute atomic E-state index is 0.845. The van der Waals surface area contributed by atoms with E-state index in [2.05, 4.69) is 22.7 Å². The Morgan fingerprint density at radius 2 is 2.29 bits per heavy atom. The number of rotatable bonds is 3. The van der Waals surface area contributed by atoms with E-state index in [9.17, 15) is 0 Å². The Hall–Kier alpha value is 0.170. The van der Waals surface area contributed by atoms with Crippen LogP contribution in [-0.4, -0.2) is 5.80 Å². The molecule has 0 N–H and O–H groups in total. The average molecular weight is 116 g/mol. The summed E-state index contributed by atoms with van der Waals surface area (Å²) in [5.74, 6) is 2.88. The highest BCUT2D eigenvalue weighted by molar-refractivity contribution is 7.18. The van der Waals surface area contributed by atoms with Crippen molar-refractivity contribution in [2.45, 2.75) is 26.7 Å². The van der Waals surface area contributed by atoms with Gasteiger partial charge in [0.1, 0.15) is 0 Å². The van der Waals surface area contributed by atoms with Gasteiger partial charge >= 0.3 is 0 Å². The van der Waals surface area contributed by atoms with Gasteiger partial charge in [0.25, 0.3) is 0 Å². The Labute approximate surface area is 48.2 Å². The van der Waals surface area contributed by atoms with E-state index < -0.39 is 0 Å². The van der Waals surface area contributed by atoms with E-state index in [1.807, 2.05) is 5.80 Å². The summed E-state index contributed by atoms with van der Waals surface area (Å²) in [6.45, 7) is 4.46. The molecule has 0 heterocycles. The summed E-state index contributed by atoms with van der Waals surface area (Å²) in [4.78, 5) is 0. The maximum absolute atomic E-state index is 3.31. The average Bonchev–Trinajstić information content (AvgIpc) is 1.68. The third-order valence-corrected chi connectivity index (χ3v) is 1.45. The quantitative estimate of drug-likeness (QED) is 0.496. The van der Waals surface area contributed by atoms with Crippen LogP contribution in [-0.2, 0) is 0 Å². The van der Waals surface area contributed by atoms with Crippen LogP contribution in [0.25, 0.3) is 0 Å². The Morgan fingerprint density at radius 3 is 2.43 bits per heavy atom. The van der Waals surface area contributed by atoms with Gasteiger partial charge in [-0.05, 0) is 12.3 Å². The molecule has 0 radical (unpaired) electrons. The summed E-state index contributed by atoms with van der Waals surface area (Å²) in [6.07, 6.45) is 2.47. The van der Waals surface area contributed by atoms with Gasteiger partial charge in [-0.2, -0.15) is 0 Å². The first-order valence-electron chi connectivity index (χ1n) is 2.80. The maximum atomic E-state index is 3.31. The molecule has 0 aliphatic carbocycles. The van der Waals surface area contributed by atoms with Crippen molar-refractivity contribution < 1.29 is 0 Å². The van der Waals surface area contributed by atoms with E-state index >= 15 is 0 Å². The maximum Gasteiger partial charge on any atom is -0.0284 e. The van der Waals surface area contributed by atoms with Crippen LogP contribution in [0.5, 0.6) is 0 Å². The zero-order chi connectivity index (χ0) is 5.70. The molecular formula is C6H13P. The predicted molar refractivity (Wildman–Crippen MR) is 38.5 cm³/mol. The second kappa shape index (κ2) is 4.33. The van der Waals surface area contributed by atoms with Gasteiger partial charge in [0, 0.05) is 0 Å². The first-order chi connectivity index (χ1) is 3.31. The smallest absolute Gasteiger partial charge is 0.0284 e. The van der Waals surface area contributed by atoms with Crippen molar-refractivity contribution in [1.29, 1.82) is 0 Å². The second-order valence-corrected chi connectivity index (χ2v) is 2.36. The summed E-state index contributed by atoms with van der Waals surface area (Å²) in [5, 5.41) is 0. The molecule has 0 aromatic rings. The highest BCUT2D eigenvalue weighted by Gasteiger charge is 1.90. The van der Waals surface area contributed by atoms with Crippen molar-refractivity contribution in [3.05, 3.63) is 0 Å². The standard InChI is InChI=1S/C6H13P/c1-3-6(2)4-5-7/h5-7H,3-4H2,1-2H3. The van der Waals surface area contributed by atoms with Crippen molar-refractivity contribution in [1.82, 2.24) is 0 Å². The van der Waals surface area contributed by atoms with Gasteiger partial charge in [0.2, 0.25) is 0 Å². The lowest BCUT2D eigenvalue weighted by Crippen LogP contribution is -1.89. The van der Waals surface area contributed by atoms with E-state index in [0.717, 1.165) is 5.92 Å². The normalized spacial score (nSPS) is 13.4. The second-order valence-electron chi connectivity index (χ2n) is 1.95. The number of hydrogen-bond acceptors (Lipinski definition) is 0. The SMILES string of the molecule is CCC(C)CC=P. The summed E-state index contributed by atoms with van der Waals surface area (Å²) in [5.41, 5.74) is 0. The molecule has 0 aromatic carbocycles. The largest absolute Gasteiger partial charge is 0.127 e. The molecule has 7 heavy (non-hydrogen) atoms. The molecule has 0 rings (SSSR count). The third-order valence-electron chi connectivity index (χ3n) is 1.22. The third kappa shape index (κ3) is 4.01. The fraction of sp³-hybridized carbons (Fsp3) is 0.833. The summed E-state index contributed by atoms with van der Waals surface area (Å²) < 4.78 is 0. The van der Waals surface area contributed by atoms with Gasteiger partial charge in [-0.15, -0.1) is 8.86 Å². The molecule has 1 heteroatoms. The van der Waals surface area contributed by atoms with Crippen LogP contribution in [0.4, 0.5) is 0 Å². The molecule has 0 saturated carbocycles. The fourth-order valence-electron chi connectivity index (χ4n) is 0.368. The zero-order valence-electron chi connectivity index (χ0n) is 5.07. The molecule has 0 amide bonds. The molecule has 0 aromatic heterocycles. The summed E-state index contributed by atoms with van der Waals surface area (Å²) >= 11 is 0. The molecule has 0 saturated heterocycles. The minimum atomic E-state index is 0.845. The van der Waals surface area contributed by atoms with Crippen LogP contribution in [0.1, 0.15) is 26.7 Å². The Kier molecular flexibility index (Phi) is 4.44. The number of hydrogen-bond donors (Lipinski definition) is 0.